The van der Waals surface area contributed by atoms with Gasteiger partial charge >= 0.3 is 0 Å². The van der Waals surface area contributed by atoms with Crippen molar-refractivity contribution >= 4 is 16.7 Å². The first kappa shape index (κ1) is 7.98. The Labute approximate surface area is 75.8 Å². The summed E-state index contributed by atoms with van der Waals surface area (Å²) in [6.45, 7) is 3.48. The summed E-state index contributed by atoms with van der Waals surface area (Å²) >= 11 is 0. The van der Waals surface area contributed by atoms with E-state index in [-0.39, 0.29) is 5.78 Å². The molecule has 2 rings (SSSR count). The molecular formula is C10H10N2O. The SMILES string of the molecule is CC(=O)c1c[nH]c2cc(C)ncc12. The Morgan fingerprint density at radius 3 is 3.00 bits per heavy atom. The fourth-order valence-electron chi connectivity index (χ4n) is 1.41. The van der Waals surface area contributed by atoms with E-state index in [0.29, 0.717) is 5.56 Å². The highest BCUT2D eigenvalue weighted by molar-refractivity contribution is 6.06. The molecule has 13 heavy (non-hydrogen) atoms. The molecule has 0 atom stereocenters. The summed E-state index contributed by atoms with van der Waals surface area (Å²) in [5, 5.41) is 0.901. The van der Waals surface area contributed by atoms with Crippen LogP contribution < -0.4 is 0 Å². The van der Waals surface area contributed by atoms with E-state index in [1.807, 2.05) is 13.0 Å². The molecule has 0 spiro atoms. The van der Waals surface area contributed by atoms with Gasteiger partial charge in [0.25, 0.3) is 0 Å². The molecule has 3 nitrogen and oxygen atoms in total. The van der Waals surface area contributed by atoms with E-state index in [2.05, 4.69) is 9.97 Å². The second-order valence-electron chi connectivity index (χ2n) is 3.13. The van der Waals surface area contributed by atoms with Gasteiger partial charge in [0.15, 0.2) is 5.78 Å². The van der Waals surface area contributed by atoms with Gasteiger partial charge in [-0.2, -0.15) is 0 Å². The van der Waals surface area contributed by atoms with Gasteiger partial charge in [0, 0.05) is 34.6 Å². The largest absolute Gasteiger partial charge is 0.360 e. The van der Waals surface area contributed by atoms with Crippen LogP contribution >= 0.6 is 0 Å². The smallest absolute Gasteiger partial charge is 0.162 e. The first-order valence-electron chi connectivity index (χ1n) is 4.13. The number of Topliss-reactive ketones (excluding diaryl/α,β-unsaturated/α-hetero) is 1. The van der Waals surface area contributed by atoms with Crippen LogP contribution in [-0.4, -0.2) is 15.8 Å². The van der Waals surface area contributed by atoms with Crippen LogP contribution in [0.4, 0.5) is 0 Å². The van der Waals surface area contributed by atoms with Crippen LogP contribution in [0.15, 0.2) is 18.5 Å². The maximum absolute atomic E-state index is 11.2. The lowest BCUT2D eigenvalue weighted by atomic mass is 10.1. The summed E-state index contributed by atoms with van der Waals surface area (Å²) in [4.78, 5) is 18.4. The molecule has 0 unspecified atom stereocenters. The summed E-state index contributed by atoms with van der Waals surface area (Å²) < 4.78 is 0. The van der Waals surface area contributed by atoms with Crippen LogP contribution in [0.5, 0.6) is 0 Å². The van der Waals surface area contributed by atoms with Crippen molar-refractivity contribution in [1.82, 2.24) is 9.97 Å². The molecule has 0 saturated carbocycles. The van der Waals surface area contributed by atoms with E-state index in [4.69, 9.17) is 0 Å². The Morgan fingerprint density at radius 2 is 2.31 bits per heavy atom. The van der Waals surface area contributed by atoms with Crippen molar-refractivity contribution in [2.45, 2.75) is 13.8 Å². The molecule has 2 aromatic rings. The highest BCUT2D eigenvalue weighted by atomic mass is 16.1. The Hall–Kier alpha value is -1.64. The van der Waals surface area contributed by atoms with Gasteiger partial charge in [0.05, 0.1) is 0 Å². The van der Waals surface area contributed by atoms with Gasteiger partial charge in [-0.05, 0) is 19.9 Å². The Balaban J connectivity index is 2.76. The number of hydrogen-bond acceptors (Lipinski definition) is 2. The highest BCUT2D eigenvalue weighted by Gasteiger charge is 2.07. The van der Waals surface area contributed by atoms with E-state index in [0.717, 1.165) is 16.6 Å². The lowest BCUT2D eigenvalue weighted by Crippen LogP contribution is -1.89. The fraction of sp³-hybridized carbons (Fsp3) is 0.200. The number of pyridine rings is 1. The number of hydrogen-bond donors (Lipinski definition) is 1. The Kier molecular flexibility index (Phi) is 1.65. The van der Waals surface area contributed by atoms with Crippen LogP contribution in [0.1, 0.15) is 23.0 Å². The van der Waals surface area contributed by atoms with Crippen molar-refractivity contribution in [3.8, 4) is 0 Å². The second kappa shape index (κ2) is 2.69. The lowest BCUT2D eigenvalue weighted by molar-refractivity contribution is 0.101. The van der Waals surface area contributed by atoms with Gasteiger partial charge in [-0.15, -0.1) is 0 Å². The zero-order valence-electron chi connectivity index (χ0n) is 7.59. The average molecular weight is 174 g/mol. The van der Waals surface area contributed by atoms with Crippen molar-refractivity contribution in [2.75, 3.05) is 0 Å². The number of nitrogens with zero attached hydrogens (tertiary/aromatic N) is 1. The molecule has 0 aromatic carbocycles. The molecule has 0 amide bonds. The number of ketones is 1. The summed E-state index contributed by atoms with van der Waals surface area (Å²) in [5.74, 6) is 0.0666. The molecule has 0 aliphatic carbocycles. The molecule has 2 aromatic heterocycles. The molecule has 1 N–H and O–H groups in total. The first-order valence-corrected chi connectivity index (χ1v) is 4.13. The quantitative estimate of drug-likeness (QED) is 0.673. The van der Waals surface area contributed by atoms with Crippen LogP contribution in [0.2, 0.25) is 0 Å². The van der Waals surface area contributed by atoms with E-state index in [1.54, 1.807) is 19.3 Å². The highest BCUT2D eigenvalue weighted by Crippen LogP contribution is 2.17. The van der Waals surface area contributed by atoms with Crippen LogP contribution in [0.3, 0.4) is 0 Å². The van der Waals surface area contributed by atoms with Crippen LogP contribution in [-0.2, 0) is 0 Å². The van der Waals surface area contributed by atoms with Gasteiger partial charge in [-0.1, -0.05) is 0 Å². The number of rotatable bonds is 1. The molecular weight excluding hydrogens is 164 g/mol. The normalized spacial score (nSPS) is 10.6. The van der Waals surface area contributed by atoms with Crippen LogP contribution in [0.25, 0.3) is 10.9 Å². The van der Waals surface area contributed by atoms with Gasteiger partial charge in [-0.3, -0.25) is 9.78 Å². The number of carbonyl (C=O) groups is 1. The number of carbonyl (C=O) groups excluding carboxylic acids is 1. The number of aromatic amines is 1. The number of nitrogens with one attached hydrogen (secondary N) is 1. The fourth-order valence-corrected chi connectivity index (χ4v) is 1.41. The molecule has 0 aliphatic rings. The standard InChI is InChI=1S/C10H10N2O/c1-6-3-10-9(5-11-6)8(4-12-10)7(2)13/h3-5,12H,1-2H3. The number of aromatic nitrogens is 2. The second-order valence-corrected chi connectivity index (χ2v) is 3.13. The third-order valence-corrected chi connectivity index (χ3v) is 2.08. The molecule has 0 bridgehead atoms. The topological polar surface area (TPSA) is 45.8 Å². The summed E-state index contributed by atoms with van der Waals surface area (Å²) in [6, 6.07) is 1.93. The van der Waals surface area contributed by atoms with E-state index in [9.17, 15) is 4.79 Å². The lowest BCUT2D eigenvalue weighted by Gasteiger charge is -1.93. The minimum atomic E-state index is 0.0666. The summed E-state index contributed by atoms with van der Waals surface area (Å²) in [5.41, 5.74) is 2.63. The van der Waals surface area contributed by atoms with E-state index in [1.165, 1.54) is 0 Å². The van der Waals surface area contributed by atoms with Crippen molar-refractivity contribution in [1.29, 1.82) is 0 Å². The average Bonchev–Trinajstić information content (AvgIpc) is 2.46. The van der Waals surface area contributed by atoms with Gasteiger partial charge in [0.1, 0.15) is 0 Å². The molecule has 3 heteroatoms. The maximum atomic E-state index is 11.2. The van der Waals surface area contributed by atoms with Gasteiger partial charge in [-0.25, -0.2) is 0 Å². The first-order chi connectivity index (χ1) is 6.18. The molecule has 0 aliphatic heterocycles. The summed E-state index contributed by atoms with van der Waals surface area (Å²) in [7, 11) is 0. The molecule has 0 fully saturated rings. The zero-order valence-corrected chi connectivity index (χ0v) is 7.59. The van der Waals surface area contributed by atoms with E-state index < -0.39 is 0 Å². The predicted molar refractivity (Wildman–Crippen MR) is 50.8 cm³/mol. The molecule has 0 radical (unpaired) electrons. The summed E-state index contributed by atoms with van der Waals surface area (Å²) in [6.07, 6.45) is 3.46. The van der Waals surface area contributed by atoms with Gasteiger partial charge in [0.2, 0.25) is 0 Å². The monoisotopic (exact) mass is 174 g/mol. The van der Waals surface area contributed by atoms with Crippen molar-refractivity contribution in [3.63, 3.8) is 0 Å². The minimum absolute atomic E-state index is 0.0666. The molecule has 0 saturated heterocycles. The molecule has 2 heterocycles. The number of H-pyrrole nitrogens is 1. The number of aryl methyl sites for hydroxylation is 1. The minimum Gasteiger partial charge on any atom is -0.360 e. The Bertz CT molecular complexity index is 471. The number of fused-ring (bicyclic) bond motifs is 1. The van der Waals surface area contributed by atoms with Crippen molar-refractivity contribution in [2.24, 2.45) is 0 Å². The third-order valence-electron chi connectivity index (χ3n) is 2.08. The molecule has 66 valence electrons. The van der Waals surface area contributed by atoms with Crippen molar-refractivity contribution < 1.29 is 4.79 Å². The maximum Gasteiger partial charge on any atom is 0.162 e. The van der Waals surface area contributed by atoms with Gasteiger partial charge < -0.3 is 4.98 Å². The van der Waals surface area contributed by atoms with Crippen molar-refractivity contribution in [3.05, 3.63) is 29.7 Å². The van der Waals surface area contributed by atoms with Crippen LogP contribution in [0, 0.1) is 6.92 Å². The predicted octanol–water partition coefficient (Wildman–Crippen LogP) is 2.07. The third kappa shape index (κ3) is 1.22. The van der Waals surface area contributed by atoms with E-state index >= 15 is 0 Å². The Morgan fingerprint density at radius 1 is 1.54 bits per heavy atom. The zero-order chi connectivity index (χ0) is 9.42.